The third kappa shape index (κ3) is 3.74. The third-order valence-corrected chi connectivity index (χ3v) is 4.23. The minimum Gasteiger partial charge on any atom is -0.310 e. The first-order valence-electron chi connectivity index (χ1n) is 7.30. The molecular formula is C14H28N2. The van der Waals surface area contributed by atoms with E-state index in [0.717, 1.165) is 18.0 Å². The summed E-state index contributed by atoms with van der Waals surface area (Å²) >= 11 is 0. The first kappa shape index (κ1) is 12.4. The van der Waals surface area contributed by atoms with Crippen LogP contribution in [0.4, 0.5) is 0 Å². The molecule has 1 heterocycles. The van der Waals surface area contributed by atoms with Gasteiger partial charge in [-0.2, -0.15) is 0 Å². The van der Waals surface area contributed by atoms with E-state index in [1.807, 2.05) is 0 Å². The van der Waals surface area contributed by atoms with Crippen LogP contribution in [0.3, 0.4) is 0 Å². The molecule has 1 saturated heterocycles. The van der Waals surface area contributed by atoms with Crippen molar-refractivity contribution in [3.05, 3.63) is 0 Å². The smallest absolute Gasteiger partial charge is 0.0198 e. The summed E-state index contributed by atoms with van der Waals surface area (Å²) in [5.74, 6) is 0.916. The van der Waals surface area contributed by atoms with E-state index < -0.39 is 0 Å². The number of hydrogen-bond donors (Lipinski definition) is 1. The van der Waals surface area contributed by atoms with Gasteiger partial charge in [0.15, 0.2) is 0 Å². The molecule has 2 nitrogen and oxygen atoms in total. The largest absolute Gasteiger partial charge is 0.310 e. The Morgan fingerprint density at radius 3 is 2.50 bits per heavy atom. The second-order valence-electron chi connectivity index (χ2n) is 5.72. The third-order valence-electron chi connectivity index (χ3n) is 4.23. The molecule has 2 fully saturated rings. The SMILES string of the molecule is CCC(CC)CN1CCCC(NC2CC2)C1. The highest BCUT2D eigenvalue weighted by atomic mass is 15.2. The summed E-state index contributed by atoms with van der Waals surface area (Å²) in [6, 6.07) is 1.66. The topological polar surface area (TPSA) is 15.3 Å². The van der Waals surface area contributed by atoms with Gasteiger partial charge in [0.2, 0.25) is 0 Å². The Hall–Kier alpha value is -0.0800. The number of rotatable bonds is 6. The molecule has 0 aromatic heterocycles. The van der Waals surface area contributed by atoms with Crippen LogP contribution < -0.4 is 5.32 Å². The first-order valence-corrected chi connectivity index (χ1v) is 7.30. The Labute approximate surface area is 101 Å². The van der Waals surface area contributed by atoms with Crippen molar-refractivity contribution >= 4 is 0 Å². The zero-order valence-corrected chi connectivity index (χ0v) is 11.0. The summed E-state index contributed by atoms with van der Waals surface area (Å²) in [5, 5.41) is 3.79. The van der Waals surface area contributed by atoms with Crippen LogP contribution in [0.2, 0.25) is 0 Å². The molecule has 16 heavy (non-hydrogen) atoms. The second-order valence-corrected chi connectivity index (χ2v) is 5.72. The molecule has 94 valence electrons. The number of nitrogens with one attached hydrogen (secondary N) is 1. The predicted molar refractivity (Wildman–Crippen MR) is 69.7 cm³/mol. The van der Waals surface area contributed by atoms with E-state index in [1.165, 1.54) is 58.2 Å². The standard InChI is InChI=1S/C14H28N2/c1-3-12(4-2)10-16-9-5-6-14(11-16)15-13-7-8-13/h12-15H,3-11H2,1-2H3. The Balaban J connectivity index is 1.72. The van der Waals surface area contributed by atoms with Gasteiger partial charge < -0.3 is 10.2 Å². The van der Waals surface area contributed by atoms with Crippen molar-refractivity contribution in [3.8, 4) is 0 Å². The second kappa shape index (κ2) is 6.02. The Kier molecular flexibility index (Phi) is 4.66. The van der Waals surface area contributed by atoms with Gasteiger partial charge in [0, 0.05) is 25.2 Å². The average molecular weight is 224 g/mol. The highest BCUT2D eigenvalue weighted by Crippen LogP contribution is 2.22. The number of likely N-dealkylation sites (tertiary alicyclic amines) is 1. The van der Waals surface area contributed by atoms with Gasteiger partial charge >= 0.3 is 0 Å². The van der Waals surface area contributed by atoms with E-state index in [0.29, 0.717) is 0 Å². The minimum atomic E-state index is 0.788. The number of piperidine rings is 1. The van der Waals surface area contributed by atoms with Gasteiger partial charge in [0.25, 0.3) is 0 Å². The zero-order chi connectivity index (χ0) is 11.4. The molecule has 1 atom stereocenters. The van der Waals surface area contributed by atoms with Crippen LogP contribution in [0, 0.1) is 5.92 Å². The van der Waals surface area contributed by atoms with Gasteiger partial charge in [-0.3, -0.25) is 0 Å². The lowest BCUT2D eigenvalue weighted by Gasteiger charge is -2.35. The van der Waals surface area contributed by atoms with E-state index in [9.17, 15) is 0 Å². The van der Waals surface area contributed by atoms with Crippen LogP contribution in [0.1, 0.15) is 52.4 Å². The molecule has 0 bridgehead atoms. The molecule has 1 aliphatic heterocycles. The van der Waals surface area contributed by atoms with Crippen LogP contribution in [0.5, 0.6) is 0 Å². The lowest BCUT2D eigenvalue weighted by atomic mass is 9.99. The summed E-state index contributed by atoms with van der Waals surface area (Å²) in [6.45, 7) is 8.62. The van der Waals surface area contributed by atoms with Crippen molar-refractivity contribution in [3.63, 3.8) is 0 Å². The normalized spacial score (nSPS) is 27.6. The monoisotopic (exact) mass is 224 g/mol. The van der Waals surface area contributed by atoms with Crippen molar-refractivity contribution in [2.24, 2.45) is 5.92 Å². The summed E-state index contributed by atoms with van der Waals surface area (Å²) in [5.41, 5.74) is 0. The predicted octanol–water partition coefficient (Wildman–Crippen LogP) is 2.64. The maximum atomic E-state index is 3.79. The molecule has 0 aromatic rings. The van der Waals surface area contributed by atoms with Gasteiger partial charge in [0.1, 0.15) is 0 Å². The molecule has 0 spiro atoms. The van der Waals surface area contributed by atoms with Crippen LogP contribution >= 0.6 is 0 Å². The summed E-state index contributed by atoms with van der Waals surface area (Å²) in [6.07, 6.45) is 8.31. The summed E-state index contributed by atoms with van der Waals surface area (Å²) in [7, 11) is 0. The highest BCUT2D eigenvalue weighted by Gasteiger charge is 2.27. The molecule has 2 rings (SSSR count). The van der Waals surface area contributed by atoms with Crippen molar-refractivity contribution in [1.29, 1.82) is 0 Å². The molecule has 1 aliphatic carbocycles. The quantitative estimate of drug-likeness (QED) is 0.746. The maximum Gasteiger partial charge on any atom is 0.0198 e. The molecule has 1 unspecified atom stereocenters. The Bertz CT molecular complexity index is 197. The number of hydrogen-bond acceptors (Lipinski definition) is 2. The van der Waals surface area contributed by atoms with Crippen LogP contribution in [-0.4, -0.2) is 36.6 Å². The van der Waals surface area contributed by atoms with Crippen molar-refractivity contribution in [2.45, 2.75) is 64.5 Å². The van der Waals surface area contributed by atoms with Crippen LogP contribution in [-0.2, 0) is 0 Å². The lowest BCUT2D eigenvalue weighted by molar-refractivity contribution is 0.161. The first-order chi connectivity index (χ1) is 7.81. The molecular weight excluding hydrogens is 196 g/mol. The van der Waals surface area contributed by atoms with Crippen LogP contribution in [0.25, 0.3) is 0 Å². The lowest BCUT2D eigenvalue weighted by Crippen LogP contribution is -2.47. The molecule has 1 N–H and O–H groups in total. The summed E-state index contributed by atoms with van der Waals surface area (Å²) in [4.78, 5) is 2.70. The van der Waals surface area contributed by atoms with Crippen LogP contribution in [0.15, 0.2) is 0 Å². The molecule has 0 amide bonds. The van der Waals surface area contributed by atoms with Gasteiger partial charge in [0.05, 0.1) is 0 Å². The minimum absolute atomic E-state index is 0.788. The molecule has 0 aromatic carbocycles. The fourth-order valence-corrected chi connectivity index (χ4v) is 2.85. The van der Waals surface area contributed by atoms with Crippen molar-refractivity contribution < 1.29 is 0 Å². The summed E-state index contributed by atoms with van der Waals surface area (Å²) < 4.78 is 0. The maximum absolute atomic E-state index is 3.79. The molecule has 2 aliphatic rings. The van der Waals surface area contributed by atoms with E-state index in [4.69, 9.17) is 0 Å². The average Bonchev–Trinajstić information content (AvgIpc) is 3.10. The highest BCUT2D eigenvalue weighted by molar-refractivity contribution is 4.88. The van der Waals surface area contributed by atoms with Gasteiger partial charge in [-0.15, -0.1) is 0 Å². The van der Waals surface area contributed by atoms with Crippen molar-refractivity contribution in [2.75, 3.05) is 19.6 Å². The molecule has 0 radical (unpaired) electrons. The Morgan fingerprint density at radius 1 is 1.12 bits per heavy atom. The van der Waals surface area contributed by atoms with Gasteiger partial charge in [-0.1, -0.05) is 26.7 Å². The molecule has 2 heteroatoms. The fraction of sp³-hybridized carbons (Fsp3) is 1.00. The van der Waals surface area contributed by atoms with Gasteiger partial charge in [-0.05, 0) is 38.1 Å². The van der Waals surface area contributed by atoms with E-state index in [-0.39, 0.29) is 0 Å². The molecule has 1 saturated carbocycles. The van der Waals surface area contributed by atoms with Crippen molar-refractivity contribution in [1.82, 2.24) is 10.2 Å². The zero-order valence-electron chi connectivity index (χ0n) is 11.0. The van der Waals surface area contributed by atoms with E-state index >= 15 is 0 Å². The van der Waals surface area contributed by atoms with E-state index in [1.54, 1.807) is 0 Å². The fourth-order valence-electron chi connectivity index (χ4n) is 2.85. The van der Waals surface area contributed by atoms with E-state index in [2.05, 4.69) is 24.1 Å². The van der Waals surface area contributed by atoms with Gasteiger partial charge in [-0.25, -0.2) is 0 Å². The number of nitrogens with zero attached hydrogens (tertiary/aromatic N) is 1. The Morgan fingerprint density at radius 2 is 1.88 bits per heavy atom.